The van der Waals surface area contributed by atoms with Crippen LogP contribution >= 0.6 is 0 Å². The number of piperidine rings is 1. The van der Waals surface area contributed by atoms with Crippen LogP contribution in [0.2, 0.25) is 0 Å². The highest BCUT2D eigenvalue weighted by Gasteiger charge is 2.24. The number of carbonyl (C=O) groups excluding carboxylic acids is 2. The first-order chi connectivity index (χ1) is 12.0. The van der Waals surface area contributed by atoms with Crippen molar-refractivity contribution < 1.29 is 18.7 Å². The monoisotopic (exact) mass is 349 g/mol. The summed E-state index contributed by atoms with van der Waals surface area (Å²) in [6.45, 7) is 6.10. The van der Waals surface area contributed by atoms with E-state index in [1.807, 2.05) is 6.07 Å². The first-order valence-electron chi connectivity index (χ1n) is 8.96. The van der Waals surface area contributed by atoms with Crippen LogP contribution in [0, 0.1) is 5.92 Å². The summed E-state index contributed by atoms with van der Waals surface area (Å²) in [6, 6.07) is 3.59. The molecule has 0 saturated carbocycles. The van der Waals surface area contributed by atoms with Gasteiger partial charge in [-0.1, -0.05) is 6.92 Å². The summed E-state index contributed by atoms with van der Waals surface area (Å²) in [4.78, 5) is 27.6. The number of likely N-dealkylation sites (tertiary alicyclic amines) is 1. The van der Waals surface area contributed by atoms with Gasteiger partial charge in [0.05, 0.1) is 12.6 Å². The van der Waals surface area contributed by atoms with Crippen LogP contribution in [-0.2, 0) is 16.1 Å². The Kier molecular flexibility index (Phi) is 5.75. The van der Waals surface area contributed by atoms with Crippen LogP contribution in [0.3, 0.4) is 0 Å². The van der Waals surface area contributed by atoms with E-state index in [-0.39, 0.29) is 24.5 Å². The Hall–Kier alpha value is -1.86. The number of nitrogens with zero attached hydrogens (tertiary/aromatic N) is 2. The number of rotatable bonds is 5. The zero-order chi connectivity index (χ0) is 17.8. The average molecular weight is 349 g/mol. The topological polar surface area (TPSA) is 75.0 Å². The Morgan fingerprint density at radius 3 is 2.80 bits per heavy atom. The fraction of sp³-hybridized carbons (Fsp3) is 0.667. The molecule has 2 aliphatic rings. The third kappa shape index (κ3) is 4.83. The Bertz CT molecular complexity index is 607. The quantitative estimate of drug-likeness (QED) is 0.862. The zero-order valence-electron chi connectivity index (χ0n) is 15.0. The van der Waals surface area contributed by atoms with Crippen LogP contribution < -0.4 is 5.32 Å². The SMILES string of the molecule is CC1CCN(Cc2ccc(C(=O)NC[C@H]3CN(C)C(=O)CO3)o2)CC1. The molecule has 2 saturated heterocycles. The molecule has 3 heterocycles. The molecule has 2 amide bonds. The number of likely N-dealkylation sites (N-methyl/N-ethyl adjacent to an activating group) is 1. The minimum atomic E-state index is -0.248. The van der Waals surface area contributed by atoms with E-state index in [0.29, 0.717) is 18.8 Å². The van der Waals surface area contributed by atoms with E-state index in [1.165, 1.54) is 12.8 Å². The van der Waals surface area contributed by atoms with Crippen LogP contribution in [-0.4, -0.2) is 67.6 Å². The minimum Gasteiger partial charge on any atom is -0.455 e. The highest BCUT2D eigenvalue weighted by Crippen LogP contribution is 2.19. The summed E-state index contributed by atoms with van der Waals surface area (Å²) in [5.74, 6) is 1.65. The molecule has 1 N–H and O–H groups in total. The number of nitrogens with one attached hydrogen (secondary N) is 1. The van der Waals surface area contributed by atoms with Crippen LogP contribution in [0.1, 0.15) is 36.1 Å². The van der Waals surface area contributed by atoms with Crippen LogP contribution in [0.4, 0.5) is 0 Å². The van der Waals surface area contributed by atoms with Crippen molar-refractivity contribution in [3.63, 3.8) is 0 Å². The highest BCUT2D eigenvalue weighted by atomic mass is 16.5. The molecule has 0 bridgehead atoms. The molecule has 0 spiro atoms. The van der Waals surface area contributed by atoms with Crippen molar-refractivity contribution in [2.45, 2.75) is 32.4 Å². The molecule has 2 fully saturated rings. The maximum Gasteiger partial charge on any atom is 0.287 e. The van der Waals surface area contributed by atoms with Crippen molar-refractivity contribution >= 4 is 11.8 Å². The summed E-state index contributed by atoms with van der Waals surface area (Å²) < 4.78 is 11.1. The van der Waals surface area contributed by atoms with Gasteiger partial charge in [0.25, 0.3) is 5.91 Å². The van der Waals surface area contributed by atoms with Crippen LogP contribution in [0.25, 0.3) is 0 Å². The molecule has 0 aromatic carbocycles. The number of hydrogen-bond acceptors (Lipinski definition) is 5. The van der Waals surface area contributed by atoms with E-state index in [0.717, 1.165) is 31.3 Å². The van der Waals surface area contributed by atoms with Gasteiger partial charge in [-0.05, 0) is 44.0 Å². The number of amides is 2. The maximum absolute atomic E-state index is 12.2. The zero-order valence-corrected chi connectivity index (χ0v) is 15.0. The number of carbonyl (C=O) groups is 2. The average Bonchev–Trinajstić information content (AvgIpc) is 3.06. The number of hydrogen-bond donors (Lipinski definition) is 1. The fourth-order valence-corrected chi connectivity index (χ4v) is 3.20. The molecule has 1 aromatic rings. The molecule has 25 heavy (non-hydrogen) atoms. The minimum absolute atomic E-state index is 0.0367. The van der Waals surface area contributed by atoms with Gasteiger partial charge < -0.3 is 19.4 Å². The Morgan fingerprint density at radius 2 is 2.08 bits per heavy atom. The Labute approximate surface area is 148 Å². The maximum atomic E-state index is 12.2. The van der Waals surface area contributed by atoms with Gasteiger partial charge in [-0.25, -0.2) is 0 Å². The lowest BCUT2D eigenvalue weighted by Crippen LogP contribution is -2.48. The van der Waals surface area contributed by atoms with Crippen molar-refractivity contribution in [2.75, 3.05) is 39.8 Å². The first kappa shape index (κ1) is 17.9. The summed E-state index contributed by atoms with van der Waals surface area (Å²) in [7, 11) is 1.74. The second-order valence-electron chi connectivity index (χ2n) is 7.14. The number of furan rings is 1. The van der Waals surface area contributed by atoms with Crippen molar-refractivity contribution in [1.82, 2.24) is 15.1 Å². The molecule has 7 nitrogen and oxygen atoms in total. The van der Waals surface area contributed by atoms with Crippen molar-refractivity contribution in [3.8, 4) is 0 Å². The molecule has 3 rings (SSSR count). The summed E-state index contributed by atoms with van der Waals surface area (Å²) in [5.41, 5.74) is 0. The van der Waals surface area contributed by atoms with E-state index < -0.39 is 0 Å². The lowest BCUT2D eigenvalue weighted by molar-refractivity contribution is -0.146. The third-order valence-corrected chi connectivity index (χ3v) is 4.98. The predicted molar refractivity (Wildman–Crippen MR) is 92.1 cm³/mol. The van der Waals surface area contributed by atoms with Gasteiger partial charge in [-0.3, -0.25) is 14.5 Å². The van der Waals surface area contributed by atoms with Gasteiger partial charge >= 0.3 is 0 Å². The standard InChI is InChI=1S/C18H27N3O4/c1-13-5-7-21(8-6-13)11-14-3-4-16(25-14)18(23)19-9-15-10-20(2)17(22)12-24-15/h3-4,13,15H,5-12H2,1-2H3,(H,19,23)/t15-/m0/s1. The molecule has 2 aliphatic heterocycles. The molecular formula is C18H27N3O4. The van der Waals surface area contributed by atoms with Crippen molar-refractivity contribution in [1.29, 1.82) is 0 Å². The lowest BCUT2D eigenvalue weighted by Gasteiger charge is -2.29. The van der Waals surface area contributed by atoms with Crippen molar-refractivity contribution in [2.24, 2.45) is 5.92 Å². The van der Waals surface area contributed by atoms with E-state index in [4.69, 9.17) is 9.15 Å². The molecule has 0 radical (unpaired) electrons. The van der Waals surface area contributed by atoms with E-state index in [9.17, 15) is 9.59 Å². The van der Waals surface area contributed by atoms with Crippen LogP contribution in [0.15, 0.2) is 16.5 Å². The molecule has 1 aromatic heterocycles. The van der Waals surface area contributed by atoms with Gasteiger partial charge in [0.2, 0.25) is 5.91 Å². The summed E-state index contributed by atoms with van der Waals surface area (Å²) in [6.07, 6.45) is 2.25. The van der Waals surface area contributed by atoms with Gasteiger partial charge in [0.1, 0.15) is 12.4 Å². The lowest BCUT2D eigenvalue weighted by atomic mass is 9.99. The first-order valence-corrected chi connectivity index (χ1v) is 8.96. The van der Waals surface area contributed by atoms with E-state index in [2.05, 4.69) is 17.1 Å². The highest BCUT2D eigenvalue weighted by molar-refractivity contribution is 5.91. The molecule has 0 aliphatic carbocycles. The second kappa shape index (κ2) is 8.01. The van der Waals surface area contributed by atoms with E-state index in [1.54, 1.807) is 18.0 Å². The van der Waals surface area contributed by atoms with Crippen LogP contribution in [0.5, 0.6) is 0 Å². The number of ether oxygens (including phenoxy) is 1. The van der Waals surface area contributed by atoms with Gasteiger partial charge in [-0.15, -0.1) is 0 Å². The normalized spacial score (nSPS) is 23.0. The van der Waals surface area contributed by atoms with Crippen molar-refractivity contribution in [3.05, 3.63) is 23.7 Å². The fourth-order valence-electron chi connectivity index (χ4n) is 3.20. The summed E-state index contributed by atoms with van der Waals surface area (Å²) >= 11 is 0. The van der Waals surface area contributed by atoms with E-state index >= 15 is 0 Å². The van der Waals surface area contributed by atoms with Gasteiger partial charge in [-0.2, -0.15) is 0 Å². The molecular weight excluding hydrogens is 322 g/mol. The molecule has 0 unspecified atom stereocenters. The smallest absolute Gasteiger partial charge is 0.287 e. The predicted octanol–water partition coefficient (Wildman–Crippen LogP) is 1.10. The van der Waals surface area contributed by atoms with Gasteiger partial charge in [0.15, 0.2) is 5.76 Å². The molecule has 7 heteroatoms. The second-order valence-corrected chi connectivity index (χ2v) is 7.14. The van der Waals surface area contributed by atoms with Gasteiger partial charge in [0, 0.05) is 20.1 Å². The molecule has 1 atom stereocenters. The largest absolute Gasteiger partial charge is 0.455 e. The Morgan fingerprint density at radius 1 is 1.32 bits per heavy atom. The number of morpholine rings is 1. The Balaban J connectivity index is 1.45. The summed E-state index contributed by atoms with van der Waals surface area (Å²) in [5, 5.41) is 2.82. The third-order valence-electron chi connectivity index (χ3n) is 4.98. The molecule has 138 valence electrons.